The molecule has 1 nitrogen and oxygen atoms in total. The van der Waals surface area contributed by atoms with Crippen molar-refractivity contribution in [3.05, 3.63) is 0 Å². The lowest BCUT2D eigenvalue weighted by molar-refractivity contribution is -0.119. The molecule has 0 radical (unpaired) electrons. The average Bonchev–Trinajstić information content (AvgIpc) is 2.66. The molecule has 0 aliphatic heterocycles. The average molecular weight is 182 g/mol. The fraction of sp³-hybridized carbons (Fsp3) is 0.917. The Bertz CT molecular complexity index is 157. The lowest BCUT2D eigenvalue weighted by Crippen LogP contribution is -2.09. The monoisotopic (exact) mass is 182 g/mol. The molecule has 0 N–H and O–H groups in total. The van der Waals surface area contributed by atoms with E-state index in [4.69, 9.17) is 0 Å². The zero-order valence-electron chi connectivity index (χ0n) is 9.01. The van der Waals surface area contributed by atoms with Crippen LogP contribution in [0.25, 0.3) is 0 Å². The van der Waals surface area contributed by atoms with Gasteiger partial charge in [0, 0.05) is 12.8 Å². The molecule has 0 aromatic heterocycles. The molecule has 1 aliphatic carbocycles. The molecule has 1 aliphatic rings. The molecule has 13 heavy (non-hydrogen) atoms. The highest BCUT2D eigenvalue weighted by molar-refractivity contribution is 5.77. The zero-order valence-corrected chi connectivity index (χ0v) is 9.01. The van der Waals surface area contributed by atoms with Crippen LogP contribution in [0, 0.1) is 11.8 Å². The normalized spacial score (nSPS) is 20.5. The topological polar surface area (TPSA) is 17.1 Å². The standard InChI is InChI=1S/C12H22O/c1-3-12(13)9-8-10(2)11-6-4-5-7-11/h10-11H,3-9H2,1-2H3. The predicted molar refractivity (Wildman–Crippen MR) is 55.7 cm³/mol. The highest BCUT2D eigenvalue weighted by Crippen LogP contribution is 2.33. The van der Waals surface area contributed by atoms with Crippen LogP contribution in [0.2, 0.25) is 0 Å². The molecule has 0 bridgehead atoms. The maximum absolute atomic E-state index is 11.1. The molecule has 1 saturated carbocycles. The van der Waals surface area contributed by atoms with Crippen LogP contribution < -0.4 is 0 Å². The van der Waals surface area contributed by atoms with Gasteiger partial charge in [0.2, 0.25) is 0 Å². The third-order valence-corrected chi connectivity index (χ3v) is 3.48. The number of Topliss-reactive ketones (excluding diaryl/α,β-unsaturated/α-hetero) is 1. The second-order valence-electron chi connectivity index (χ2n) is 4.45. The zero-order chi connectivity index (χ0) is 9.68. The Hall–Kier alpha value is -0.330. The highest BCUT2D eigenvalue weighted by atomic mass is 16.1. The molecular formula is C12H22O. The molecule has 1 fully saturated rings. The summed E-state index contributed by atoms with van der Waals surface area (Å²) >= 11 is 0. The molecule has 1 heteroatoms. The summed E-state index contributed by atoms with van der Waals surface area (Å²) in [5.74, 6) is 2.13. The van der Waals surface area contributed by atoms with Gasteiger partial charge in [0.15, 0.2) is 0 Å². The first kappa shape index (κ1) is 10.7. The summed E-state index contributed by atoms with van der Waals surface area (Å²) in [7, 11) is 0. The maximum Gasteiger partial charge on any atom is 0.132 e. The van der Waals surface area contributed by atoms with Crippen molar-refractivity contribution in [1.82, 2.24) is 0 Å². The van der Waals surface area contributed by atoms with Gasteiger partial charge in [-0.15, -0.1) is 0 Å². The van der Waals surface area contributed by atoms with E-state index in [0.29, 0.717) is 5.78 Å². The Labute approximate surface area is 81.9 Å². The van der Waals surface area contributed by atoms with E-state index in [1.54, 1.807) is 0 Å². The molecule has 0 aromatic carbocycles. The van der Waals surface area contributed by atoms with Gasteiger partial charge in [-0.05, 0) is 18.3 Å². The first-order chi connectivity index (χ1) is 6.24. The summed E-state index contributed by atoms with van der Waals surface area (Å²) in [6, 6.07) is 0. The minimum absolute atomic E-state index is 0.435. The summed E-state index contributed by atoms with van der Waals surface area (Å²) in [6.07, 6.45) is 8.29. The second kappa shape index (κ2) is 5.41. The third-order valence-electron chi connectivity index (χ3n) is 3.48. The first-order valence-electron chi connectivity index (χ1n) is 5.75. The first-order valence-corrected chi connectivity index (χ1v) is 5.75. The van der Waals surface area contributed by atoms with E-state index in [2.05, 4.69) is 6.92 Å². The van der Waals surface area contributed by atoms with Gasteiger partial charge >= 0.3 is 0 Å². The van der Waals surface area contributed by atoms with Crippen LogP contribution in [0.5, 0.6) is 0 Å². The molecule has 1 unspecified atom stereocenters. The molecular weight excluding hydrogens is 160 g/mol. The van der Waals surface area contributed by atoms with Crippen molar-refractivity contribution in [2.24, 2.45) is 11.8 Å². The lowest BCUT2D eigenvalue weighted by Gasteiger charge is -2.17. The molecule has 1 atom stereocenters. The lowest BCUT2D eigenvalue weighted by atomic mass is 9.88. The van der Waals surface area contributed by atoms with Crippen molar-refractivity contribution in [2.45, 2.75) is 58.8 Å². The summed E-state index contributed by atoms with van der Waals surface area (Å²) in [5.41, 5.74) is 0. The predicted octanol–water partition coefficient (Wildman–Crippen LogP) is 3.57. The van der Waals surface area contributed by atoms with Crippen LogP contribution in [-0.4, -0.2) is 5.78 Å². The van der Waals surface area contributed by atoms with E-state index in [-0.39, 0.29) is 0 Å². The van der Waals surface area contributed by atoms with Gasteiger partial charge < -0.3 is 0 Å². The maximum atomic E-state index is 11.1. The van der Waals surface area contributed by atoms with Gasteiger partial charge in [0.1, 0.15) is 5.78 Å². The van der Waals surface area contributed by atoms with Gasteiger partial charge in [-0.3, -0.25) is 4.79 Å². The Kier molecular flexibility index (Phi) is 4.47. The van der Waals surface area contributed by atoms with Crippen molar-refractivity contribution in [1.29, 1.82) is 0 Å². The van der Waals surface area contributed by atoms with Gasteiger partial charge in [-0.2, -0.15) is 0 Å². The molecule has 0 aromatic rings. The van der Waals surface area contributed by atoms with E-state index in [1.807, 2.05) is 6.92 Å². The third kappa shape index (κ3) is 3.50. The van der Waals surface area contributed by atoms with Crippen LogP contribution >= 0.6 is 0 Å². The largest absolute Gasteiger partial charge is 0.300 e. The summed E-state index contributed by atoms with van der Waals surface area (Å²) in [6.45, 7) is 4.28. The highest BCUT2D eigenvalue weighted by Gasteiger charge is 2.21. The molecule has 0 heterocycles. The quantitative estimate of drug-likeness (QED) is 0.635. The summed E-state index contributed by atoms with van der Waals surface area (Å²) < 4.78 is 0. The summed E-state index contributed by atoms with van der Waals surface area (Å²) in [4.78, 5) is 11.1. The molecule has 0 saturated heterocycles. The van der Waals surface area contributed by atoms with Crippen LogP contribution in [-0.2, 0) is 4.79 Å². The van der Waals surface area contributed by atoms with Crippen molar-refractivity contribution in [2.75, 3.05) is 0 Å². The van der Waals surface area contributed by atoms with Gasteiger partial charge in [0.25, 0.3) is 0 Å². The fourth-order valence-electron chi connectivity index (χ4n) is 2.33. The number of hydrogen-bond acceptors (Lipinski definition) is 1. The Morgan fingerprint density at radius 3 is 2.54 bits per heavy atom. The van der Waals surface area contributed by atoms with E-state index in [9.17, 15) is 4.79 Å². The molecule has 1 rings (SSSR count). The molecule has 0 amide bonds. The van der Waals surface area contributed by atoms with E-state index >= 15 is 0 Å². The Morgan fingerprint density at radius 2 is 2.00 bits per heavy atom. The van der Waals surface area contributed by atoms with Crippen molar-refractivity contribution < 1.29 is 4.79 Å². The van der Waals surface area contributed by atoms with E-state index in [0.717, 1.165) is 31.1 Å². The SMILES string of the molecule is CCC(=O)CCC(C)C1CCCC1. The summed E-state index contributed by atoms with van der Waals surface area (Å²) in [5, 5.41) is 0. The molecule has 0 spiro atoms. The van der Waals surface area contributed by atoms with Crippen molar-refractivity contribution >= 4 is 5.78 Å². The number of carbonyl (C=O) groups excluding carboxylic acids is 1. The number of hydrogen-bond donors (Lipinski definition) is 0. The number of ketones is 1. The van der Waals surface area contributed by atoms with Gasteiger partial charge in [-0.25, -0.2) is 0 Å². The second-order valence-corrected chi connectivity index (χ2v) is 4.45. The van der Waals surface area contributed by atoms with Crippen LogP contribution in [0.15, 0.2) is 0 Å². The van der Waals surface area contributed by atoms with Crippen molar-refractivity contribution in [3.63, 3.8) is 0 Å². The molecule has 76 valence electrons. The van der Waals surface area contributed by atoms with Gasteiger partial charge in [0.05, 0.1) is 0 Å². The number of carbonyl (C=O) groups is 1. The number of rotatable bonds is 5. The Morgan fingerprint density at radius 1 is 1.38 bits per heavy atom. The van der Waals surface area contributed by atoms with Gasteiger partial charge in [-0.1, -0.05) is 39.5 Å². The van der Waals surface area contributed by atoms with Crippen molar-refractivity contribution in [3.8, 4) is 0 Å². The Balaban J connectivity index is 2.16. The van der Waals surface area contributed by atoms with E-state index < -0.39 is 0 Å². The smallest absolute Gasteiger partial charge is 0.132 e. The van der Waals surface area contributed by atoms with E-state index in [1.165, 1.54) is 25.7 Å². The minimum atomic E-state index is 0.435. The van der Waals surface area contributed by atoms with Crippen LogP contribution in [0.4, 0.5) is 0 Å². The minimum Gasteiger partial charge on any atom is -0.300 e. The van der Waals surface area contributed by atoms with Crippen LogP contribution in [0.3, 0.4) is 0 Å². The van der Waals surface area contributed by atoms with Crippen LogP contribution in [0.1, 0.15) is 58.8 Å². The fourth-order valence-corrected chi connectivity index (χ4v) is 2.33.